The maximum atomic E-state index is 11.8. The summed E-state index contributed by atoms with van der Waals surface area (Å²) in [4.78, 5) is 11.8. The lowest BCUT2D eigenvalue weighted by Crippen LogP contribution is -2.13. The van der Waals surface area contributed by atoms with Crippen LogP contribution in [0.15, 0.2) is 36.4 Å². The van der Waals surface area contributed by atoms with E-state index in [-0.39, 0.29) is 13.4 Å². The molecule has 0 unspecified atom stereocenters. The summed E-state index contributed by atoms with van der Waals surface area (Å²) in [6.45, 7) is 0.300. The Morgan fingerprint density at radius 2 is 1.95 bits per heavy atom. The number of hydrogen-bond donors (Lipinski definition) is 1. The van der Waals surface area contributed by atoms with Crippen LogP contribution < -0.4 is 14.8 Å². The third-order valence-electron chi connectivity index (χ3n) is 2.97. The van der Waals surface area contributed by atoms with Crippen LogP contribution >= 0.6 is 23.2 Å². The van der Waals surface area contributed by atoms with Crippen molar-refractivity contribution in [2.75, 3.05) is 12.1 Å². The number of carbonyl (C=O) groups excluding carboxylic acids is 1. The molecule has 0 radical (unpaired) electrons. The number of amides is 1. The van der Waals surface area contributed by atoms with E-state index < -0.39 is 6.09 Å². The first-order valence-corrected chi connectivity index (χ1v) is 7.15. The molecule has 0 bridgehead atoms. The Morgan fingerprint density at radius 3 is 2.82 bits per heavy atom. The van der Waals surface area contributed by atoms with Crippen LogP contribution in [0.4, 0.5) is 10.5 Å². The molecule has 0 spiro atoms. The predicted molar refractivity (Wildman–Crippen MR) is 82.8 cm³/mol. The highest BCUT2D eigenvalue weighted by Crippen LogP contribution is 2.32. The molecule has 1 heterocycles. The van der Waals surface area contributed by atoms with E-state index in [0.29, 0.717) is 27.2 Å². The SMILES string of the molecule is O=C(Nc1cc(Cl)ccc1Cl)OCc1ccc2c(c1)OCO2. The predicted octanol–water partition coefficient (Wildman–Crippen LogP) is 4.47. The number of carbonyl (C=O) groups is 1. The zero-order valence-corrected chi connectivity index (χ0v) is 12.8. The van der Waals surface area contributed by atoms with Crippen LogP contribution in [0, 0.1) is 0 Å². The first-order chi connectivity index (χ1) is 10.6. The van der Waals surface area contributed by atoms with Crippen LogP contribution in [0.5, 0.6) is 11.5 Å². The summed E-state index contributed by atoms with van der Waals surface area (Å²) in [6, 6.07) is 10.1. The molecule has 0 aromatic heterocycles. The molecule has 0 atom stereocenters. The van der Waals surface area contributed by atoms with Crippen molar-refractivity contribution in [2.24, 2.45) is 0 Å². The molecule has 3 rings (SSSR count). The average Bonchev–Trinajstić information content (AvgIpc) is 2.96. The Labute approximate surface area is 136 Å². The van der Waals surface area contributed by atoms with Gasteiger partial charge in [0.05, 0.1) is 10.7 Å². The van der Waals surface area contributed by atoms with Crippen LogP contribution in [-0.2, 0) is 11.3 Å². The quantitative estimate of drug-likeness (QED) is 0.896. The van der Waals surface area contributed by atoms with Gasteiger partial charge in [0.2, 0.25) is 6.79 Å². The molecule has 1 aliphatic rings. The summed E-state index contributed by atoms with van der Waals surface area (Å²) in [5.41, 5.74) is 1.18. The normalized spacial score (nSPS) is 12.1. The monoisotopic (exact) mass is 339 g/mol. The van der Waals surface area contributed by atoms with E-state index in [1.807, 2.05) is 0 Å². The fourth-order valence-electron chi connectivity index (χ4n) is 1.92. The summed E-state index contributed by atoms with van der Waals surface area (Å²) in [6.07, 6.45) is -0.623. The molecular formula is C15H11Cl2NO4. The fourth-order valence-corrected chi connectivity index (χ4v) is 2.26. The Kier molecular flexibility index (Phi) is 4.27. The number of rotatable bonds is 3. The van der Waals surface area contributed by atoms with Gasteiger partial charge >= 0.3 is 6.09 Å². The zero-order chi connectivity index (χ0) is 15.5. The Hall–Kier alpha value is -2.11. The minimum Gasteiger partial charge on any atom is -0.454 e. The number of anilines is 1. The number of ether oxygens (including phenoxy) is 3. The van der Waals surface area contributed by atoms with Gasteiger partial charge in [-0.1, -0.05) is 29.3 Å². The van der Waals surface area contributed by atoms with E-state index in [1.54, 1.807) is 36.4 Å². The third kappa shape index (κ3) is 3.37. The highest BCUT2D eigenvalue weighted by Gasteiger charge is 2.14. The van der Waals surface area contributed by atoms with Crippen LogP contribution in [-0.4, -0.2) is 12.9 Å². The molecule has 1 amide bonds. The standard InChI is InChI=1S/C15H11Cl2NO4/c16-10-2-3-11(17)12(6-10)18-15(19)20-7-9-1-4-13-14(5-9)22-8-21-13/h1-6H,7-8H2,(H,18,19). The molecule has 0 saturated carbocycles. The van der Waals surface area contributed by atoms with E-state index in [1.165, 1.54) is 0 Å². The highest BCUT2D eigenvalue weighted by atomic mass is 35.5. The summed E-state index contributed by atoms with van der Waals surface area (Å²) < 4.78 is 15.6. The van der Waals surface area contributed by atoms with Crippen molar-refractivity contribution in [2.45, 2.75) is 6.61 Å². The maximum absolute atomic E-state index is 11.8. The number of nitrogens with one attached hydrogen (secondary N) is 1. The molecule has 7 heteroatoms. The molecular weight excluding hydrogens is 329 g/mol. The second-order valence-corrected chi connectivity index (χ2v) is 5.36. The van der Waals surface area contributed by atoms with E-state index in [4.69, 9.17) is 37.4 Å². The van der Waals surface area contributed by atoms with Gasteiger partial charge < -0.3 is 14.2 Å². The molecule has 114 valence electrons. The lowest BCUT2D eigenvalue weighted by atomic mass is 10.2. The zero-order valence-electron chi connectivity index (χ0n) is 11.3. The van der Waals surface area contributed by atoms with Crippen LogP contribution in [0.1, 0.15) is 5.56 Å². The molecule has 0 fully saturated rings. The number of halogens is 2. The largest absolute Gasteiger partial charge is 0.454 e. The summed E-state index contributed by atoms with van der Waals surface area (Å²) in [5.74, 6) is 1.32. The van der Waals surface area contributed by atoms with Crippen molar-refractivity contribution >= 4 is 35.0 Å². The van der Waals surface area contributed by atoms with Gasteiger partial charge in [-0.3, -0.25) is 5.32 Å². The second kappa shape index (κ2) is 6.34. The van der Waals surface area contributed by atoms with E-state index in [0.717, 1.165) is 5.56 Å². The van der Waals surface area contributed by atoms with Crippen LogP contribution in [0.3, 0.4) is 0 Å². The van der Waals surface area contributed by atoms with Gasteiger partial charge in [0.15, 0.2) is 11.5 Å². The third-order valence-corrected chi connectivity index (χ3v) is 3.54. The Balaban J connectivity index is 1.59. The Morgan fingerprint density at radius 1 is 1.14 bits per heavy atom. The van der Waals surface area contributed by atoms with Crippen molar-refractivity contribution in [1.82, 2.24) is 0 Å². The van der Waals surface area contributed by atoms with E-state index in [2.05, 4.69) is 5.32 Å². The molecule has 2 aromatic carbocycles. The van der Waals surface area contributed by atoms with Gasteiger partial charge in [-0.2, -0.15) is 0 Å². The average molecular weight is 340 g/mol. The van der Waals surface area contributed by atoms with Crippen molar-refractivity contribution in [3.8, 4) is 11.5 Å². The van der Waals surface area contributed by atoms with E-state index >= 15 is 0 Å². The number of hydrogen-bond acceptors (Lipinski definition) is 4. The molecule has 1 aliphatic heterocycles. The van der Waals surface area contributed by atoms with Gasteiger partial charge in [-0.15, -0.1) is 0 Å². The minimum atomic E-state index is -0.623. The van der Waals surface area contributed by atoms with Crippen molar-refractivity contribution in [3.63, 3.8) is 0 Å². The minimum absolute atomic E-state index is 0.0979. The van der Waals surface area contributed by atoms with Gasteiger partial charge in [0.1, 0.15) is 6.61 Å². The topological polar surface area (TPSA) is 56.8 Å². The highest BCUT2D eigenvalue weighted by molar-refractivity contribution is 6.35. The summed E-state index contributed by atoms with van der Waals surface area (Å²) in [5, 5.41) is 3.39. The van der Waals surface area contributed by atoms with Crippen molar-refractivity contribution in [1.29, 1.82) is 0 Å². The second-order valence-electron chi connectivity index (χ2n) is 4.51. The van der Waals surface area contributed by atoms with E-state index in [9.17, 15) is 4.79 Å². The lowest BCUT2D eigenvalue weighted by molar-refractivity contribution is 0.154. The van der Waals surface area contributed by atoms with Gasteiger partial charge in [-0.25, -0.2) is 4.79 Å². The summed E-state index contributed by atoms with van der Waals surface area (Å²) in [7, 11) is 0. The fraction of sp³-hybridized carbons (Fsp3) is 0.133. The molecule has 0 aliphatic carbocycles. The van der Waals surface area contributed by atoms with Gasteiger partial charge in [-0.05, 0) is 35.9 Å². The molecule has 0 saturated heterocycles. The maximum Gasteiger partial charge on any atom is 0.412 e. The van der Waals surface area contributed by atoms with Gasteiger partial charge in [0.25, 0.3) is 0 Å². The van der Waals surface area contributed by atoms with Crippen LogP contribution in [0.2, 0.25) is 10.0 Å². The first kappa shape index (κ1) is 14.8. The first-order valence-electron chi connectivity index (χ1n) is 6.39. The molecule has 1 N–H and O–H groups in total. The number of fused-ring (bicyclic) bond motifs is 1. The van der Waals surface area contributed by atoms with Crippen LogP contribution in [0.25, 0.3) is 0 Å². The van der Waals surface area contributed by atoms with Gasteiger partial charge in [0, 0.05) is 5.02 Å². The summed E-state index contributed by atoms with van der Waals surface area (Å²) >= 11 is 11.8. The molecule has 2 aromatic rings. The van der Waals surface area contributed by atoms with Crippen molar-refractivity contribution in [3.05, 3.63) is 52.0 Å². The lowest BCUT2D eigenvalue weighted by Gasteiger charge is -2.09. The molecule has 22 heavy (non-hydrogen) atoms. The smallest absolute Gasteiger partial charge is 0.412 e. The number of benzene rings is 2. The van der Waals surface area contributed by atoms with Crippen molar-refractivity contribution < 1.29 is 19.0 Å². The Bertz CT molecular complexity index is 721. The molecule has 5 nitrogen and oxygen atoms in total.